The second-order valence-corrected chi connectivity index (χ2v) is 5.15. The lowest BCUT2D eigenvalue weighted by Gasteiger charge is -2.08. The molecule has 3 nitrogen and oxygen atoms in total. The van der Waals surface area contributed by atoms with Crippen molar-refractivity contribution in [3.8, 4) is 5.75 Å². The molecular weight excluding hydrogens is 293 g/mol. The monoisotopic (exact) mass is 307 g/mol. The molecule has 0 radical (unpaired) electrons. The number of phenolic OH excluding ortho intramolecular Hbond substituents is 1. The number of carbonyl (C=O) groups is 1. The van der Waals surface area contributed by atoms with Crippen LogP contribution in [0.2, 0.25) is 5.02 Å². The zero-order valence-corrected chi connectivity index (χ0v) is 12.2. The van der Waals surface area contributed by atoms with Crippen LogP contribution in [-0.4, -0.2) is 17.6 Å². The predicted octanol–water partition coefficient (Wildman–Crippen LogP) is 3.47. The molecule has 0 fully saturated rings. The smallest absolute Gasteiger partial charge is 0.251 e. The summed E-state index contributed by atoms with van der Waals surface area (Å²) >= 11 is 5.76. The number of carbonyl (C=O) groups excluding carboxylic acids is 1. The highest BCUT2D eigenvalue weighted by molar-refractivity contribution is 6.32. The molecule has 0 bridgehead atoms. The summed E-state index contributed by atoms with van der Waals surface area (Å²) in [6.45, 7) is 2.27. The normalized spacial score (nSPS) is 10.4. The van der Waals surface area contributed by atoms with Crippen molar-refractivity contribution in [2.75, 3.05) is 6.54 Å². The number of hydrogen-bond donors (Lipinski definition) is 2. The maximum atomic E-state index is 13.0. The molecule has 1 amide bonds. The Balaban J connectivity index is 1.93. The number of phenols is 1. The van der Waals surface area contributed by atoms with Crippen LogP contribution in [0.25, 0.3) is 0 Å². The molecule has 0 aliphatic heterocycles. The lowest BCUT2D eigenvalue weighted by Crippen LogP contribution is -2.25. The van der Waals surface area contributed by atoms with Gasteiger partial charge in [-0.25, -0.2) is 4.39 Å². The largest absolute Gasteiger partial charge is 0.506 e. The summed E-state index contributed by atoms with van der Waals surface area (Å²) in [6.07, 6.45) is 0.615. The Labute approximate surface area is 127 Å². The molecule has 0 unspecified atom stereocenters. The van der Waals surface area contributed by atoms with Crippen LogP contribution in [0.15, 0.2) is 36.4 Å². The Morgan fingerprint density at radius 2 is 2.05 bits per heavy atom. The Morgan fingerprint density at radius 1 is 1.29 bits per heavy atom. The molecule has 2 aromatic rings. The number of hydrogen-bond acceptors (Lipinski definition) is 2. The molecule has 0 saturated heterocycles. The SMILES string of the molecule is Cc1cc(F)ccc1CCNC(=O)c1ccc(O)c(Cl)c1. The molecule has 2 aromatic carbocycles. The Bertz CT molecular complexity index is 673. The van der Waals surface area contributed by atoms with Crippen molar-refractivity contribution in [2.45, 2.75) is 13.3 Å². The van der Waals surface area contributed by atoms with Crippen LogP contribution in [0.4, 0.5) is 4.39 Å². The van der Waals surface area contributed by atoms with E-state index >= 15 is 0 Å². The van der Waals surface area contributed by atoms with E-state index in [1.165, 1.54) is 30.3 Å². The van der Waals surface area contributed by atoms with Crippen LogP contribution in [0.3, 0.4) is 0 Å². The van der Waals surface area contributed by atoms with Crippen LogP contribution >= 0.6 is 11.6 Å². The zero-order chi connectivity index (χ0) is 15.4. The first-order valence-corrected chi connectivity index (χ1v) is 6.87. The second-order valence-electron chi connectivity index (χ2n) is 4.74. The quantitative estimate of drug-likeness (QED) is 0.908. The zero-order valence-electron chi connectivity index (χ0n) is 11.5. The van der Waals surface area contributed by atoms with Crippen LogP contribution in [-0.2, 0) is 6.42 Å². The highest BCUT2D eigenvalue weighted by Crippen LogP contribution is 2.23. The van der Waals surface area contributed by atoms with Crippen LogP contribution in [0.5, 0.6) is 5.75 Å². The number of amides is 1. The molecule has 110 valence electrons. The van der Waals surface area contributed by atoms with Crippen molar-refractivity contribution in [3.05, 3.63) is 63.9 Å². The second kappa shape index (κ2) is 6.59. The minimum absolute atomic E-state index is 0.0600. The number of halogens is 2. The lowest BCUT2D eigenvalue weighted by molar-refractivity contribution is 0.0954. The van der Waals surface area contributed by atoms with Crippen molar-refractivity contribution >= 4 is 17.5 Å². The summed E-state index contributed by atoms with van der Waals surface area (Å²) in [6, 6.07) is 8.88. The highest BCUT2D eigenvalue weighted by Gasteiger charge is 2.08. The third-order valence-electron chi connectivity index (χ3n) is 3.19. The van der Waals surface area contributed by atoms with E-state index in [4.69, 9.17) is 11.6 Å². The molecule has 0 atom stereocenters. The minimum atomic E-state index is -0.267. The Hall–Kier alpha value is -2.07. The standard InChI is InChI=1S/C16H15ClFNO2/c1-10-8-13(18)4-2-11(10)6-7-19-16(21)12-3-5-15(20)14(17)9-12/h2-5,8-9,20H,6-7H2,1H3,(H,19,21). The summed E-state index contributed by atoms with van der Waals surface area (Å²) < 4.78 is 13.0. The molecule has 5 heteroatoms. The molecular formula is C16H15ClFNO2. The van der Waals surface area contributed by atoms with Gasteiger partial charge in [0.25, 0.3) is 5.91 Å². The summed E-state index contributed by atoms with van der Waals surface area (Å²) in [5.41, 5.74) is 2.23. The molecule has 21 heavy (non-hydrogen) atoms. The molecule has 0 aliphatic rings. The predicted molar refractivity (Wildman–Crippen MR) is 80.3 cm³/mol. The van der Waals surface area contributed by atoms with Gasteiger partial charge in [0.15, 0.2) is 0 Å². The van der Waals surface area contributed by atoms with Crippen LogP contribution in [0.1, 0.15) is 21.5 Å². The van der Waals surface area contributed by atoms with E-state index in [1.54, 1.807) is 6.07 Å². The van der Waals surface area contributed by atoms with Gasteiger partial charge in [-0.15, -0.1) is 0 Å². The molecule has 2 rings (SSSR count). The number of benzene rings is 2. The minimum Gasteiger partial charge on any atom is -0.506 e. The lowest BCUT2D eigenvalue weighted by atomic mass is 10.1. The Kier molecular flexibility index (Phi) is 4.81. The fourth-order valence-corrected chi connectivity index (χ4v) is 2.18. The van der Waals surface area contributed by atoms with E-state index in [-0.39, 0.29) is 22.5 Å². The summed E-state index contributed by atoms with van der Waals surface area (Å²) in [7, 11) is 0. The van der Waals surface area contributed by atoms with E-state index in [2.05, 4.69) is 5.32 Å². The molecule has 0 aromatic heterocycles. The maximum Gasteiger partial charge on any atom is 0.251 e. The van der Waals surface area contributed by atoms with Crippen molar-refractivity contribution in [1.82, 2.24) is 5.32 Å². The fourth-order valence-electron chi connectivity index (χ4n) is 2.00. The van der Waals surface area contributed by atoms with Gasteiger partial charge in [-0.05, 0) is 54.8 Å². The van der Waals surface area contributed by atoms with Gasteiger partial charge in [0.05, 0.1) is 5.02 Å². The van der Waals surface area contributed by atoms with Crippen LogP contribution in [0, 0.1) is 12.7 Å². The van der Waals surface area contributed by atoms with Crippen molar-refractivity contribution in [1.29, 1.82) is 0 Å². The summed E-state index contributed by atoms with van der Waals surface area (Å²) in [5, 5.41) is 12.2. The molecule has 2 N–H and O–H groups in total. The van der Waals surface area contributed by atoms with E-state index in [0.717, 1.165) is 11.1 Å². The topological polar surface area (TPSA) is 49.3 Å². The van der Waals surface area contributed by atoms with Crippen molar-refractivity contribution < 1.29 is 14.3 Å². The van der Waals surface area contributed by atoms with Gasteiger partial charge in [0.1, 0.15) is 11.6 Å². The van der Waals surface area contributed by atoms with Crippen molar-refractivity contribution in [3.63, 3.8) is 0 Å². The van der Waals surface area contributed by atoms with Gasteiger partial charge < -0.3 is 10.4 Å². The number of aryl methyl sites for hydroxylation is 1. The number of rotatable bonds is 4. The fraction of sp³-hybridized carbons (Fsp3) is 0.188. The molecule has 0 spiro atoms. The van der Waals surface area contributed by atoms with Gasteiger partial charge in [-0.2, -0.15) is 0 Å². The third kappa shape index (κ3) is 3.95. The average molecular weight is 308 g/mol. The first-order chi connectivity index (χ1) is 9.97. The highest BCUT2D eigenvalue weighted by atomic mass is 35.5. The van der Waals surface area contributed by atoms with E-state index in [1.807, 2.05) is 6.92 Å². The van der Waals surface area contributed by atoms with Gasteiger partial charge in [-0.3, -0.25) is 4.79 Å². The van der Waals surface area contributed by atoms with Crippen LogP contribution < -0.4 is 5.32 Å². The van der Waals surface area contributed by atoms with Crippen molar-refractivity contribution in [2.24, 2.45) is 0 Å². The van der Waals surface area contributed by atoms with E-state index in [9.17, 15) is 14.3 Å². The van der Waals surface area contributed by atoms with E-state index < -0.39 is 0 Å². The number of aromatic hydroxyl groups is 1. The molecule has 0 heterocycles. The van der Waals surface area contributed by atoms with Gasteiger partial charge >= 0.3 is 0 Å². The number of nitrogens with one attached hydrogen (secondary N) is 1. The molecule has 0 saturated carbocycles. The molecule has 0 aliphatic carbocycles. The third-order valence-corrected chi connectivity index (χ3v) is 3.50. The average Bonchev–Trinajstić information content (AvgIpc) is 2.44. The summed E-state index contributed by atoms with van der Waals surface area (Å²) in [4.78, 5) is 11.9. The maximum absolute atomic E-state index is 13.0. The van der Waals surface area contributed by atoms with Gasteiger partial charge in [0, 0.05) is 12.1 Å². The van der Waals surface area contributed by atoms with Gasteiger partial charge in [-0.1, -0.05) is 17.7 Å². The summed E-state index contributed by atoms with van der Waals surface area (Å²) in [5.74, 6) is -0.592. The Morgan fingerprint density at radius 3 is 2.71 bits per heavy atom. The first kappa shape index (κ1) is 15.3. The van der Waals surface area contributed by atoms with E-state index in [0.29, 0.717) is 18.5 Å². The van der Waals surface area contributed by atoms with Gasteiger partial charge in [0.2, 0.25) is 0 Å². The first-order valence-electron chi connectivity index (χ1n) is 6.49.